The van der Waals surface area contributed by atoms with E-state index in [0.29, 0.717) is 23.7 Å². The Morgan fingerprint density at radius 3 is 2.23 bits per heavy atom. The molecule has 1 N–H and O–H groups in total. The number of carbonyl (C=O) groups is 1. The predicted octanol–water partition coefficient (Wildman–Crippen LogP) is 5.86. The zero-order valence-corrected chi connectivity index (χ0v) is 20.6. The fraction of sp³-hybridized carbons (Fsp3) is 0.240. The van der Waals surface area contributed by atoms with E-state index in [1.54, 1.807) is 24.3 Å². The van der Waals surface area contributed by atoms with Crippen LogP contribution in [0.3, 0.4) is 0 Å². The normalized spacial score (nSPS) is 12.7. The number of nitrogens with zero attached hydrogens (tertiary/aromatic N) is 1. The Bertz CT molecular complexity index is 1280. The number of hydrogen-bond acceptors (Lipinski definition) is 3. The van der Waals surface area contributed by atoms with Crippen molar-refractivity contribution in [2.24, 2.45) is 0 Å². The molecule has 0 radical (unpaired) electrons. The lowest BCUT2D eigenvalue weighted by Crippen LogP contribution is -2.30. The number of alkyl halides is 3. The first kappa shape index (κ1) is 26.6. The van der Waals surface area contributed by atoms with Crippen LogP contribution < -0.4 is 9.62 Å². The molecule has 10 heteroatoms. The summed E-state index contributed by atoms with van der Waals surface area (Å²) in [6, 6.07) is 18.9. The van der Waals surface area contributed by atoms with E-state index in [0.717, 1.165) is 22.2 Å². The van der Waals surface area contributed by atoms with Gasteiger partial charge < -0.3 is 5.32 Å². The Hall–Kier alpha value is -3.04. The molecule has 5 nitrogen and oxygen atoms in total. The Kier molecular flexibility index (Phi) is 8.12. The molecule has 0 unspecified atom stereocenters. The number of anilines is 1. The van der Waals surface area contributed by atoms with Crippen LogP contribution in [-0.2, 0) is 22.7 Å². The average Bonchev–Trinajstić information content (AvgIpc) is 2.81. The Labute approximate surface area is 207 Å². The van der Waals surface area contributed by atoms with Crippen LogP contribution in [0.2, 0.25) is 5.02 Å². The fourth-order valence-electron chi connectivity index (χ4n) is 3.46. The predicted molar refractivity (Wildman–Crippen MR) is 131 cm³/mol. The lowest BCUT2D eigenvalue weighted by atomic mass is 10.0. The summed E-state index contributed by atoms with van der Waals surface area (Å²) in [5.74, 6) is -0.171. The third-order valence-corrected chi connectivity index (χ3v) is 6.89. The van der Waals surface area contributed by atoms with E-state index in [9.17, 15) is 26.4 Å². The van der Waals surface area contributed by atoms with Crippen LogP contribution in [0, 0.1) is 0 Å². The molecule has 35 heavy (non-hydrogen) atoms. The molecule has 0 aliphatic heterocycles. The summed E-state index contributed by atoms with van der Waals surface area (Å²) in [7, 11) is -3.92. The number of halogens is 4. The summed E-state index contributed by atoms with van der Waals surface area (Å²) >= 11 is 5.66. The second-order valence-corrected chi connectivity index (χ2v) is 10.5. The summed E-state index contributed by atoms with van der Waals surface area (Å²) in [4.78, 5) is 12.5. The summed E-state index contributed by atoms with van der Waals surface area (Å²) in [5.41, 5.74) is 0.682. The van der Waals surface area contributed by atoms with E-state index < -0.39 is 26.8 Å². The van der Waals surface area contributed by atoms with Gasteiger partial charge in [0.05, 0.1) is 29.1 Å². The maximum absolute atomic E-state index is 13.3. The topological polar surface area (TPSA) is 66.5 Å². The van der Waals surface area contributed by atoms with Crippen LogP contribution in [-0.4, -0.2) is 27.1 Å². The molecule has 186 valence electrons. The van der Waals surface area contributed by atoms with Gasteiger partial charge in [-0.15, -0.1) is 0 Å². The van der Waals surface area contributed by atoms with Crippen molar-refractivity contribution >= 4 is 33.2 Å². The molecular weight excluding hydrogens is 501 g/mol. The number of hydrogen-bond donors (Lipinski definition) is 1. The van der Waals surface area contributed by atoms with Gasteiger partial charge in [-0.05, 0) is 47.4 Å². The van der Waals surface area contributed by atoms with Gasteiger partial charge in [0.2, 0.25) is 10.0 Å². The van der Waals surface area contributed by atoms with Crippen LogP contribution in [0.15, 0.2) is 72.8 Å². The van der Waals surface area contributed by atoms with E-state index in [1.807, 2.05) is 37.3 Å². The van der Waals surface area contributed by atoms with Crippen LogP contribution in [0.1, 0.15) is 39.9 Å². The molecule has 0 aliphatic rings. The van der Waals surface area contributed by atoms with Crippen molar-refractivity contribution < 1.29 is 26.4 Å². The zero-order chi connectivity index (χ0) is 25.8. The quantitative estimate of drug-likeness (QED) is 0.401. The van der Waals surface area contributed by atoms with Crippen molar-refractivity contribution in [3.05, 3.63) is 100 Å². The van der Waals surface area contributed by atoms with Crippen LogP contribution in [0.4, 0.5) is 18.9 Å². The van der Waals surface area contributed by atoms with E-state index in [2.05, 4.69) is 5.32 Å². The molecule has 3 aromatic rings. The molecule has 3 rings (SSSR count). The van der Waals surface area contributed by atoms with E-state index in [1.165, 1.54) is 6.07 Å². The maximum atomic E-state index is 13.3. The van der Waals surface area contributed by atoms with Crippen molar-refractivity contribution in [1.29, 1.82) is 0 Å². The van der Waals surface area contributed by atoms with Crippen molar-refractivity contribution in [2.45, 2.75) is 25.6 Å². The third kappa shape index (κ3) is 6.99. The molecule has 0 saturated carbocycles. The first-order valence-electron chi connectivity index (χ1n) is 10.6. The first-order chi connectivity index (χ1) is 16.4. The van der Waals surface area contributed by atoms with Crippen molar-refractivity contribution in [1.82, 2.24) is 5.32 Å². The first-order valence-corrected chi connectivity index (χ1v) is 12.9. The van der Waals surface area contributed by atoms with E-state index in [-0.39, 0.29) is 24.1 Å². The number of sulfonamides is 1. The Morgan fingerprint density at radius 2 is 1.66 bits per heavy atom. The van der Waals surface area contributed by atoms with E-state index in [4.69, 9.17) is 11.6 Å². The highest BCUT2D eigenvalue weighted by Gasteiger charge is 2.34. The van der Waals surface area contributed by atoms with Crippen LogP contribution in [0.5, 0.6) is 0 Å². The highest BCUT2D eigenvalue weighted by atomic mass is 35.5. The second kappa shape index (κ2) is 10.7. The number of nitrogens with one attached hydrogen (secondary N) is 1. The summed E-state index contributed by atoms with van der Waals surface area (Å²) in [6.07, 6.45) is -3.83. The lowest BCUT2D eigenvalue weighted by Gasteiger charge is -2.24. The maximum Gasteiger partial charge on any atom is 0.417 e. The molecule has 1 amide bonds. The smallest absolute Gasteiger partial charge is 0.351 e. The molecule has 1 atom stereocenters. The van der Waals surface area contributed by atoms with Gasteiger partial charge in [-0.25, -0.2) is 8.42 Å². The summed E-state index contributed by atoms with van der Waals surface area (Å²) in [6.45, 7) is 2.22. The van der Waals surface area contributed by atoms with Gasteiger partial charge in [-0.2, -0.15) is 13.2 Å². The van der Waals surface area contributed by atoms with Crippen molar-refractivity contribution in [2.75, 3.05) is 17.1 Å². The standard InChI is InChI=1S/C25H24ClF3N2O3S/c1-17(19-6-4-3-5-7-19)15-30-24(32)20-10-8-18(9-11-20)16-31(35(2,33)34)21-12-13-23(26)22(14-21)25(27,28)29/h3-14,17H,15-16H2,1-2H3,(H,30,32)/t17-/m1/s1. The lowest BCUT2D eigenvalue weighted by molar-refractivity contribution is -0.137. The molecule has 0 saturated heterocycles. The number of rotatable bonds is 8. The average molecular weight is 525 g/mol. The van der Waals surface area contributed by atoms with Gasteiger partial charge in [0.25, 0.3) is 5.91 Å². The monoisotopic (exact) mass is 524 g/mol. The second-order valence-electron chi connectivity index (χ2n) is 8.15. The minimum atomic E-state index is -4.73. The molecule has 3 aromatic carbocycles. The van der Waals surface area contributed by atoms with Gasteiger partial charge >= 0.3 is 6.18 Å². The fourth-order valence-corrected chi connectivity index (χ4v) is 4.57. The van der Waals surface area contributed by atoms with Gasteiger partial charge in [0.1, 0.15) is 0 Å². The Balaban J connectivity index is 1.73. The largest absolute Gasteiger partial charge is 0.417 e. The van der Waals surface area contributed by atoms with Crippen LogP contribution >= 0.6 is 11.6 Å². The van der Waals surface area contributed by atoms with Gasteiger partial charge in [0, 0.05) is 12.1 Å². The van der Waals surface area contributed by atoms with Crippen LogP contribution in [0.25, 0.3) is 0 Å². The highest BCUT2D eigenvalue weighted by molar-refractivity contribution is 7.92. The number of amides is 1. The van der Waals surface area contributed by atoms with Gasteiger partial charge in [0.15, 0.2) is 0 Å². The minimum Gasteiger partial charge on any atom is -0.351 e. The molecule has 0 fully saturated rings. The van der Waals surface area contributed by atoms with Gasteiger partial charge in [-0.3, -0.25) is 9.10 Å². The molecule has 0 spiro atoms. The number of carbonyl (C=O) groups excluding carboxylic acids is 1. The molecule has 0 bridgehead atoms. The number of benzene rings is 3. The summed E-state index contributed by atoms with van der Waals surface area (Å²) in [5, 5.41) is 2.35. The SMILES string of the molecule is C[C@H](CNC(=O)c1ccc(CN(c2ccc(Cl)c(C(F)(F)F)c2)S(C)(=O)=O)cc1)c1ccccc1. The summed E-state index contributed by atoms with van der Waals surface area (Å²) < 4.78 is 65.4. The highest BCUT2D eigenvalue weighted by Crippen LogP contribution is 2.37. The molecular formula is C25H24ClF3N2O3S. The molecule has 0 aromatic heterocycles. The van der Waals surface area contributed by atoms with E-state index >= 15 is 0 Å². The Morgan fingerprint density at radius 1 is 1.03 bits per heavy atom. The minimum absolute atomic E-state index is 0.115. The molecule has 0 aliphatic carbocycles. The van der Waals surface area contributed by atoms with Crippen molar-refractivity contribution in [3.63, 3.8) is 0 Å². The molecule has 0 heterocycles. The van der Waals surface area contributed by atoms with Gasteiger partial charge in [-0.1, -0.05) is 61.0 Å². The van der Waals surface area contributed by atoms with Crippen molar-refractivity contribution in [3.8, 4) is 0 Å². The third-order valence-electron chi connectivity index (χ3n) is 5.42. The zero-order valence-electron chi connectivity index (χ0n) is 19.0.